The minimum Gasteiger partial charge on any atom is -0.489 e. The van der Waals surface area contributed by atoms with Gasteiger partial charge >= 0.3 is 0 Å². The van der Waals surface area contributed by atoms with Crippen LogP contribution < -0.4 is 15.4 Å². The molecule has 0 atom stereocenters. The van der Waals surface area contributed by atoms with Crippen LogP contribution in [0.3, 0.4) is 0 Å². The molecule has 0 saturated carbocycles. The van der Waals surface area contributed by atoms with E-state index in [0.29, 0.717) is 17.9 Å². The first kappa shape index (κ1) is 22.2. The Balaban J connectivity index is 0.00000256. The Bertz CT molecular complexity index is 939. The molecule has 0 unspecified atom stereocenters. The molecule has 2 heterocycles. The van der Waals surface area contributed by atoms with Crippen LogP contribution in [-0.2, 0) is 6.61 Å². The Morgan fingerprint density at radius 3 is 2.60 bits per heavy atom. The maximum Gasteiger partial charge on any atom is 0.287 e. The minimum atomic E-state index is -0.187. The number of benzene rings is 2. The maximum atomic E-state index is 12.8. The van der Waals surface area contributed by atoms with E-state index in [0.717, 1.165) is 55.8 Å². The number of halogens is 1. The predicted octanol–water partition coefficient (Wildman–Crippen LogP) is 3.46. The highest BCUT2D eigenvalue weighted by atomic mass is 35.5. The van der Waals surface area contributed by atoms with Crippen LogP contribution in [0, 0.1) is 0 Å². The number of fused-ring (bicyclic) bond motifs is 1. The average Bonchev–Trinajstić information content (AvgIpc) is 3.15. The lowest BCUT2D eigenvalue weighted by Gasteiger charge is -2.27. The quantitative estimate of drug-likeness (QED) is 0.537. The second-order valence-electron chi connectivity index (χ2n) is 7.21. The lowest BCUT2D eigenvalue weighted by molar-refractivity contribution is 0.0922. The maximum absolute atomic E-state index is 12.8. The van der Waals surface area contributed by atoms with Gasteiger partial charge in [-0.2, -0.15) is 0 Å². The molecule has 6 nitrogen and oxygen atoms in total. The second-order valence-corrected chi connectivity index (χ2v) is 7.21. The van der Waals surface area contributed by atoms with Gasteiger partial charge in [-0.25, -0.2) is 0 Å². The summed E-state index contributed by atoms with van der Waals surface area (Å²) in [7, 11) is 0. The molecule has 1 saturated heterocycles. The molecule has 2 N–H and O–H groups in total. The molecule has 1 aromatic heterocycles. The summed E-state index contributed by atoms with van der Waals surface area (Å²) in [6.07, 6.45) is 0.918. The molecule has 160 valence electrons. The summed E-state index contributed by atoms with van der Waals surface area (Å²) < 4.78 is 11.8. The van der Waals surface area contributed by atoms with E-state index in [9.17, 15) is 4.79 Å². The summed E-state index contributed by atoms with van der Waals surface area (Å²) in [5.41, 5.74) is 1.48. The normalized spacial score (nSPS) is 14.3. The molecule has 0 bridgehead atoms. The van der Waals surface area contributed by atoms with Crippen LogP contribution in [-0.4, -0.2) is 50.1 Å². The van der Waals surface area contributed by atoms with E-state index in [1.165, 1.54) is 0 Å². The van der Waals surface area contributed by atoms with E-state index < -0.39 is 0 Å². The third-order valence-electron chi connectivity index (χ3n) is 5.18. The van der Waals surface area contributed by atoms with Crippen molar-refractivity contribution in [2.45, 2.75) is 13.0 Å². The van der Waals surface area contributed by atoms with Crippen LogP contribution in [0.5, 0.6) is 5.75 Å². The number of carbonyl (C=O) groups is 1. The third-order valence-corrected chi connectivity index (χ3v) is 5.18. The number of nitrogens with one attached hydrogen (secondary N) is 2. The van der Waals surface area contributed by atoms with E-state index in [-0.39, 0.29) is 24.9 Å². The molecule has 1 aliphatic rings. The Labute approximate surface area is 183 Å². The van der Waals surface area contributed by atoms with Gasteiger partial charge in [-0.1, -0.05) is 36.4 Å². The lowest BCUT2D eigenvalue weighted by atomic mass is 10.1. The zero-order valence-corrected chi connectivity index (χ0v) is 17.7. The smallest absolute Gasteiger partial charge is 0.287 e. The zero-order chi connectivity index (χ0) is 19.9. The van der Waals surface area contributed by atoms with Crippen LogP contribution in [0.4, 0.5) is 0 Å². The molecule has 0 spiro atoms. The molecule has 2 aromatic carbocycles. The lowest BCUT2D eigenvalue weighted by Crippen LogP contribution is -2.44. The topological polar surface area (TPSA) is 66.7 Å². The summed E-state index contributed by atoms with van der Waals surface area (Å²) in [6.45, 7) is 6.11. The van der Waals surface area contributed by atoms with Gasteiger partial charge in [0.1, 0.15) is 17.9 Å². The zero-order valence-electron chi connectivity index (χ0n) is 16.9. The minimum absolute atomic E-state index is 0. The van der Waals surface area contributed by atoms with Gasteiger partial charge in [-0.05, 0) is 31.2 Å². The number of carbonyl (C=O) groups excluding carboxylic acids is 1. The first-order chi connectivity index (χ1) is 14.3. The van der Waals surface area contributed by atoms with Crippen LogP contribution >= 0.6 is 12.4 Å². The molecule has 1 fully saturated rings. The summed E-state index contributed by atoms with van der Waals surface area (Å²) >= 11 is 0. The average molecular weight is 430 g/mol. The monoisotopic (exact) mass is 429 g/mol. The van der Waals surface area contributed by atoms with Crippen molar-refractivity contribution in [3.05, 3.63) is 65.9 Å². The number of para-hydroxylation sites is 2. The van der Waals surface area contributed by atoms with E-state index in [2.05, 4.69) is 15.5 Å². The summed E-state index contributed by atoms with van der Waals surface area (Å²) in [5, 5.41) is 7.27. The standard InChI is InChI=1S/C23H27N3O3.ClH/c27-23(25-11-6-14-26-15-12-24-13-16-26)22-20(17-28-18-7-2-1-3-8-18)19-9-4-5-10-21(19)29-22;/h1-5,7-10,24H,6,11-17H2,(H,25,27);1H. The first-order valence-corrected chi connectivity index (χ1v) is 10.2. The Morgan fingerprint density at radius 1 is 1.07 bits per heavy atom. The van der Waals surface area contributed by atoms with Crippen molar-refractivity contribution >= 4 is 29.3 Å². The molecule has 3 aromatic rings. The number of furan rings is 1. The molecule has 1 amide bonds. The number of amides is 1. The fraction of sp³-hybridized carbons (Fsp3) is 0.348. The molecular formula is C23H28ClN3O3. The fourth-order valence-electron chi connectivity index (χ4n) is 3.62. The summed E-state index contributed by atoms with van der Waals surface area (Å²) in [4.78, 5) is 15.2. The summed E-state index contributed by atoms with van der Waals surface area (Å²) in [5.74, 6) is 0.914. The van der Waals surface area contributed by atoms with E-state index in [1.54, 1.807) is 0 Å². The number of piperazine rings is 1. The number of rotatable bonds is 8. The Morgan fingerprint density at radius 2 is 1.80 bits per heavy atom. The van der Waals surface area contributed by atoms with Crippen molar-refractivity contribution in [2.75, 3.05) is 39.3 Å². The van der Waals surface area contributed by atoms with E-state index >= 15 is 0 Å². The molecule has 0 aliphatic carbocycles. The van der Waals surface area contributed by atoms with Crippen LogP contribution in [0.25, 0.3) is 11.0 Å². The highest BCUT2D eigenvalue weighted by Gasteiger charge is 2.21. The second kappa shape index (κ2) is 11.0. The van der Waals surface area contributed by atoms with Gasteiger partial charge in [0.15, 0.2) is 5.76 Å². The highest BCUT2D eigenvalue weighted by molar-refractivity contribution is 5.99. The number of hydrogen-bond donors (Lipinski definition) is 2. The van der Waals surface area contributed by atoms with Gasteiger partial charge in [0, 0.05) is 43.7 Å². The van der Waals surface area contributed by atoms with Crippen molar-refractivity contribution in [3.8, 4) is 5.75 Å². The van der Waals surface area contributed by atoms with E-state index in [4.69, 9.17) is 9.15 Å². The SMILES string of the molecule is Cl.O=C(NCCCN1CCNCC1)c1oc2ccccc2c1COc1ccccc1. The Hall–Kier alpha value is -2.54. The number of nitrogens with zero attached hydrogens (tertiary/aromatic N) is 1. The predicted molar refractivity (Wildman–Crippen MR) is 120 cm³/mol. The fourth-order valence-corrected chi connectivity index (χ4v) is 3.62. The van der Waals surface area contributed by atoms with Gasteiger partial charge in [0.2, 0.25) is 0 Å². The molecular weight excluding hydrogens is 402 g/mol. The van der Waals surface area contributed by atoms with E-state index in [1.807, 2.05) is 54.6 Å². The molecule has 1 aliphatic heterocycles. The van der Waals surface area contributed by atoms with Gasteiger partial charge in [0.25, 0.3) is 5.91 Å². The third kappa shape index (κ3) is 5.53. The van der Waals surface area contributed by atoms with Crippen molar-refractivity contribution in [1.29, 1.82) is 0 Å². The largest absolute Gasteiger partial charge is 0.489 e. The molecule has 0 radical (unpaired) electrons. The van der Waals surface area contributed by atoms with Gasteiger partial charge in [-0.15, -0.1) is 12.4 Å². The van der Waals surface area contributed by atoms with Crippen molar-refractivity contribution in [2.24, 2.45) is 0 Å². The molecule has 4 rings (SSSR count). The van der Waals surface area contributed by atoms with Gasteiger partial charge in [-0.3, -0.25) is 4.79 Å². The number of hydrogen-bond acceptors (Lipinski definition) is 5. The number of ether oxygens (including phenoxy) is 1. The van der Waals surface area contributed by atoms with Crippen molar-refractivity contribution in [3.63, 3.8) is 0 Å². The highest BCUT2D eigenvalue weighted by Crippen LogP contribution is 2.27. The van der Waals surface area contributed by atoms with Crippen LogP contribution in [0.15, 0.2) is 59.0 Å². The Kier molecular flexibility index (Phi) is 8.13. The van der Waals surface area contributed by atoms with Crippen LogP contribution in [0.2, 0.25) is 0 Å². The van der Waals surface area contributed by atoms with Crippen molar-refractivity contribution in [1.82, 2.24) is 15.5 Å². The molecule has 7 heteroatoms. The van der Waals surface area contributed by atoms with Gasteiger partial charge in [0.05, 0.1) is 0 Å². The summed E-state index contributed by atoms with van der Waals surface area (Å²) in [6, 6.07) is 17.3. The first-order valence-electron chi connectivity index (χ1n) is 10.2. The van der Waals surface area contributed by atoms with Crippen molar-refractivity contribution < 1.29 is 13.9 Å². The van der Waals surface area contributed by atoms with Gasteiger partial charge < -0.3 is 24.7 Å². The molecule has 30 heavy (non-hydrogen) atoms. The van der Waals surface area contributed by atoms with Crippen LogP contribution in [0.1, 0.15) is 22.5 Å².